The lowest BCUT2D eigenvalue weighted by atomic mass is 9.92. The third kappa shape index (κ3) is 5.17. The second kappa shape index (κ2) is 11.0. The lowest BCUT2D eigenvalue weighted by molar-refractivity contribution is 0.0937. The summed E-state index contributed by atoms with van der Waals surface area (Å²) in [6.45, 7) is 4.26. The molecule has 9 heteroatoms. The van der Waals surface area contributed by atoms with Gasteiger partial charge in [-0.3, -0.25) is 9.78 Å². The van der Waals surface area contributed by atoms with E-state index in [1.807, 2.05) is 12.1 Å². The highest BCUT2D eigenvalue weighted by atomic mass is 19.1. The van der Waals surface area contributed by atoms with E-state index in [0.717, 1.165) is 30.5 Å². The molecule has 1 aromatic carbocycles. The Morgan fingerprint density at radius 2 is 2.14 bits per heavy atom. The molecule has 2 aliphatic heterocycles. The van der Waals surface area contributed by atoms with Crippen molar-refractivity contribution in [1.82, 2.24) is 15.3 Å². The molecule has 8 nitrogen and oxygen atoms in total. The number of H-pyrrole nitrogens is 1. The molecule has 0 radical (unpaired) electrons. The lowest BCUT2D eigenvalue weighted by Gasteiger charge is -2.24. The Morgan fingerprint density at radius 1 is 1.24 bits per heavy atom. The monoisotopic (exact) mass is 506 g/mol. The fourth-order valence-corrected chi connectivity index (χ4v) is 4.83. The SMILES string of the molecule is COc1c(F)cccc1Nc1c2[nH]c3c1C(=O)NCC3CCCOCC/C(C)=C\COc1cnccc1-2. The normalized spacial score (nSPS) is 19.6. The molecule has 2 bridgehead atoms. The summed E-state index contributed by atoms with van der Waals surface area (Å²) >= 11 is 0. The summed E-state index contributed by atoms with van der Waals surface area (Å²) in [5, 5.41) is 6.33. The maximum absolute atomic E-state index is 14.5. The minimum Gasteiger partial charge on any atom is -0.492 e. The first-order valence-electron chi connectivity index (χ1n) is 12.5. The van der Waals surface area contributed by atoms with E-state index in [2.05, 4.69) is 27.5 Å². The van der Waals surface area contributed by atoms with Crippen molar-refractivity contribution in [2.75, 3.05) is 38.8 Å². The van der Waals surface area contributed by atoms with Crippen molar-refractivity contribution in [2.45, 2.75) is 32.1 Å². The van der Waals surface area contributed by atoms with Crippen LogP contribution in [0.5, 0.6) is 11.5 Å². The van der Waals surface area contributed by atoms with Crippen LogP contribution in [0.2, 0.25) is 0 Å². The number of ether oxygens (including phenoxy) is 3. The summed E-state index contributed by atoms with van der Waals surface area (Å²) in [6, 6.07) is 6.49. The van der Waals surface area contributed by atoms with Crippen LogP contribution in [0.4, 0.5) is 15.8 Å². The van der Waals surface area contributed by atoms with E-state index in [9.17, 15) is 9.18 Å². The number of aromatic nitrogens is 2. The number of rotatable bonds is 3. The van der Waals surface area contributed by atoms with Crippen molar-refractivity contribution < 1.29 is 23.4 Å². The molecule has 2 aliphatic rings. The molecular weight excluding hydrogens is 475 g/mol. The van der Waals surface area contributed by atoms with E-state index in [-0.39, 0.29) is 17.6 Å². The van der Waals surface area contributed by atoms with Crippen LogP contribution in [0, 0.1) is 5.82 Å². The van der Waals surface area contributed by atoms with Gasteiger partial charge in [0.15, 0.2) is 11.6 Å². The Hall–Kier alpha value is -3.85. The van der Waals surface area contributed by atoms with Crippen LogP contribution in [0.3, 0.4) is 0 Å². The number of aromatic amines is 1. The smallest absolute Gasteiger partial charge is 0.255 e. The van der Waals surface area contributed by atoms with E-state index >= 15 is 0 Å². The van der Waals surface area contributed by atoms with Gasteiger partial charge in [0.05, 0.1) is 42.5 Å². The lowest BCUT2D eigenvalue weighted by Crippen LogP contribution is -2.35. The van der Waals surface area contributed by atoms with Crippen LogP contribution in [0.15, 0.2) is 48.3 Å². The molecule has 1 amide bonds. The van der Waals surface area contributed by atoms with Gasteiger partial charge in [-0.25, -0.2) is 4.39 Å². The van der Waals surface area contributed by atoms with Crippen LogP contribution < -0.4 is 20.1 Å². The van der Waals surface area contributed by atoms with Gasteiger partial charge in [-0.05, 0) is 50.5 Å². The molecule has 3 N–H and O–H groups in total. The van der Waals surface area contributed by atoms with Crippen molar-refractivity contribution in [1.29, 1.82) is 0 Å². The number of benzene rings is 1. The molecule has 0 spiro atoms. The minimum atomic E-state index is -0.499. The fraction of sp³-hybridized carbons (Fsp3) is 0.357. The standard InChI is InChI=1S/C28H31FN4O4/c1-17-9-13-36-12-4-5-18-15-31-28(34)23-24(18)33-25(19-8-11-30-16-22(19)37-14-10-17)26(23)32-21-7-3-6-20(29)27(21)35-2/h3,6-8,10-11,16,18,32-33H,4-5,9,12-15H2,1-2H3,(H,31,34)/b17-10-. The predicted molar refractivity (Wildman–Crippen MR) is 139 cm³/mol. The van der Waals surface area contributed by atoms with Gasteiger partial charge in [0.25, 0.3) is 5.91 Å². The van der Waals surface area contributed by atoms with Gasteiger partial charge in [0.1, 0.15) is 12.4 Å². The third-order valence-corrected chi connectivity index (χ3v) is 6.81. The van der Waals surface area contributed by atoms with Crippen molar-refractivity contribution in [3.63, 3.8) is 0 Å². The zero-order valence-corrected chi connectivity index (χ0v) is 21.0. The largest absolute Gasteiger partial charge is 0.492 e. The number of amides is 1. The number of carbonyl (C=O) groups excluding carboxylic acids is 1. The number of nitrogens with zero attached hydrogens (tertiary/aromatic N) is 1. The number of nitrogens with one attached hydrogen (secondary N) is 3. The van der Waals surface area contributed by atoms with E-state index in [1.54, 1.807) is 24.5 Å². The first kappa shape index (κ1) is 24.8. The van der Waals surface area contributed by atoms with Gasteiger partial charge in [0, 0.05) is 36.5 Å². The molecule has 4 heterocycles. The highest BCUT2D eigenvalue weighted by Gasteiger charge is 2.33. The number of para-hydroxylation sites is 1. The first-order chi connectivity index (χ1) is 18.1. The van der Waals surface area contributed by atoms with Crippen molar-refractivity contribution in [3.8, 4) is 22.8 Å². The maximum atomic E-state index is 14.5. The number of fused-ring (bicyclic) bond motifs is 3. The van der Waals surface area contributed by atoms with Gasteiger partial charge in [0.2, 0.25) is 0 Å². The number of hydrogen-bond acceptors (Lipinski definition) is 6. The topological polar surface area (TPSA) is 97.5 Å². The number of anilines is 2. The summed E-state index contributed by atoms with van der Waals surface area (Å²) < 4.78 is 31.8. The Bertz CT molecular complexity index is 1320. The van der Waals surface area contributed by atoms with Crippen molar-refractivity contribution >= 4 is 17.3 Å². The molecule has 0 aliphatic carbocycles. The van der Waals surface area contributed by atoms with Gasteiger partial charge in [-0.2, -0.15) is 0 Å². The average molecular weight is 507 g/mol. The summed E-state index contributed by atoms with van der Waals surface area (Å²) in [5.74, 6) is 0.0104. The summed E-state index contributed by atoms with van der Waals surface area (Å²) in [6.07, 6.45) is 7.92. The zero-order valence-electron chi connectivity index (χ0n) is 21.0. The maximum Gasteiger partial charge on any atom is 0.255 e. The van der Waals surface area contributed by atoms with E-state index in [1.165, 1.54) is 18.7 Å². The number of hydrogen-bond donors (Lipinski definition) is 3. The first-order valence-corrected chi connectivity index (χ1v) is 12.5. The second-order valence-corrected chi connectivity index (χ2v) is 9.25. The molecule has 0 fully saturated rings. The van der Waals surface area contributed by atoms with Crippen molar-refractivity contribution in [3.05, 3.63) is 65.4 Å². The minimum absolute atomic E-state index is 0.0681. The third-order valence-electron chi connectivity index (χ3n) is 6.81. The highest BCUT2D eigenvalue weighted by Crippen LogP contribution is 2.44. The summed E-state index contributed by atoms with van der Waals surface area (Å²) in [5.41, 5.74) is 4.88. The van der Waals surface area contributed by atoms with Gasteiger partial charge in [-0.1, -0.05) is 11.6 Å². The summed E-state index contributed by atoms with van der Waals surface area (Å²) in [4.78, 5) is 21.0. The second-order valence-electron chi connectivity index (χ2n) is 9.25. The molecule has 37 heavy (non-hydrogen) atoms. The predicted octanol–water partition coefficient (Wildman–Crippen LogP) is 5.32. The average Bonchev–Trinajstić information content (AvgIpc) is 3.27. The fourth-order valence-electron chi connectivity index (χ4n) is 4.83. The highest BCUT2D eigenvalue weighted by molar-refractivity contribution is 6.07. The number of halogens is 1. The molecule has 1 atom stereocenters. The molecule has 0 saturated heterocycles. The van der Waals surface area contributed by atoms with Gasteiger partial charge >= 0.3 is 0 Å². The number of pyridine rings is 1. The Balaban J connectivity index is 1.66. The molecule has 2 aromatic heterocycles. The van der Waals surface area contributed by atoms with Crippen LogP contribution in [-0.2, 0) is 4.74 Å². The molecule has 194 valence electrons. The summed E-state index contributed by atoms with van der Waals surface area (Å²) in [7, 11) is 1.42. The number of methoxy groups -OCH3 is 1. The van der Waals surface area contributed by atoms with E-state index in [4.69, 9.17) is 14.2 Å². The van der Waals surface area contributed by atoms with Gasteiger partial charge in [-0.15, -0.1) is 0 Å². The molecule has 0 saturated carbocycles. The molecular formula is C28H31FN4O4. The Labute approximate surface area is 215 Å². The molecule has 5 rings (SSSR count). The van der Waals surface area contributed by atoms with Crippen LogP contribution in [0.1, 0.15) is 48.2 Å². The van der Waals surface area contributed by atoms with Crippen LogP contribution in [-0.4, -0.2) is 49.4 Å². The zero-order chi connectivity index (χ0) is 25.8. The van der Waals surface area contributed by atoms with Crippen molar-refractivity contribution in [2.24, 2.45) is 0 Å². The van der Waals surface area contributed by atoms with E-state index < -0.39 is 5.82 Å². The van der Waals surface area contributed by atoms with E-state index in [0.29, 0.717) is 54.7 Å². The molecule has 1 unspecified atom stereocenters. The Morgan fingerprint density at radius 3 is 3.00 bits per heavy atom. The van der Waals surface area contributed by atoms with Gasteiger partial charge < -0.3 is 29.8 Å². The van der Waals surface area contributed by atoms with Crippen LogP contribution in [0.25, 0.3) is 11.3 Å². The molecule has 3 aromatic rings. The quantitative estimate of drug-likeness (QED) is 0.416. The number of carbonyl (C=O) groups is 1. The van der Waals surface area contributed by atoms with Crippen LogP contribution >= 0.6 is 0 Å². The Kier molecular flexibility index (Phi) is 7.41.